The quantitative estimate of drug-likeness (QED) is 0.613. The zero-order chi connectivity index (χ0) is 14.0. The Hall–Kier alpha value is -2.28. The Balaban J connectivity index is 2.33. The Bertz CT molecular complexity index is 571. The van der Waals surface area contributed by atoms with Crippen molar-refractivity contribution in [1.82, 2.24) is 0 Å². The van der Waals surface area contributed by atoms with Gasteiger partial charge in [-0.3, -0.25) is 9.59 Å². The van der Waals surface area contributed by atoms with Crippen molar-refractivity contribution in [2.75, 3.05) is 18.6 Å². The number of Topliss-reactive ketones (excluding diaryl/α,β-unsaturated/α-hetero) is 1. The summed E-state index contributed by atoms with van der Waals surface area (Å²) in [6.07, 6.45) is 5.63. The number of terminal acetylenes is 1. The van der Waals surface area contributed by atoms with Crippen LogP contribution < -0.4 is 9.64 Å². The molecule has 1 heterocycles. The summed E-state index contributed by atoms with van der Waals surface area (Å²) in [5, 5.41) is 0. The molecule has 0 spiro atoms. The van der Waals surface area contributed by atoms with Gasteiger partial charge in [0.2, 0.25) is 0 Å². The van der Waals surface area contributed by atoms with Gasteiger partial charge in [-0.2, -0.15) is 0 Å². The first-order valence-corrected chi connectivity index (χ1v) is 6.05. The van der Waals surface area contributed by atoms with Gasteiger partial charge in [0.05, 0.1) is 5.69 Å². The number of hydrogen-bond acceptors (Lipinski definition) is 3. The van der Waals surface area contributed by atoms with Crippen LogP contribution in [0.3, 0.4) is 0 Å². The van der Waals surface area contributed by atoms with E-state index in [1.807, 2.05) is 0 Å². The fourth-order valence-corrected chi connectivity index (χ4v) is 1.98. The number of amides is 1. The van der Waals surface area contributed by atoms with E-state index in [1.165, 1.54) is 4.90 Å². The average Bonchev–Trinajstić information content (AvgIpc) is 2.42. The molecule has 1 aromatic carbocycles. The molecule has 0 N–H and O–H groups in total. The molecule has 0 bridgehead atoms. The first-order chi connectivity index (χ1) is 9.04. The van der Waals surface area contributed by atoms with Gasteiger partial charge in [0.25, 0.3) is 5.91 Å². The van der Waals surface area contributed by atoms with Crippen LogP contribution in [0.5, 0.6) is 5.75 Å². The predicted molar refractivity (Wildman–Crippen MR) is 72.3 cm³/mol. The van der Waals surface area contributed by atoms with Gasteiger partial charge in [-0.05, 0) is 18.2 Å². The molecule has 0 saturated heterocycles. The molecule has 0 aromatic heterocycles. The van der Waals surface area contributed by atoms with Crippen molar-refractivity contribution < 1.29 is 14.3 Å². The standard InChI is InChI=1S/C15H15NO3/c1-4-5-10(2)15(18)11-6-7-13-12(8-11)16(3)14(17)9-19-13/h1,6-8,10H,5,9H2,2-3H3. The lowest BCUT2D eigenvalue weighted by atomic mass is 9.96. The smallest absolute Gasteiger partial charge is 0.264 e. The Morgan fingerprint density at radius 3 is 3.00 bits per heavy atom. The van der Waals surface area contributed by atoms with Crippen LogP contribution in [0.1, 0.15) is 23.7 Å². The molecule has 1 aliphatic heterocycles. The van der Waals surface area contributed by atoms with E-state index in [-0.39, 0.29) is 24.2 Å². The zero-order valence-corrected chi connectivity index (χ0v) is 11.0. The molecule has 0 radical (unpaired) electrons. The molecule has 4 heteroatoms. The molecule has 1 aliphatic rings. The molecule has 0 fully saturated rings. The Kier molecular flexibility index (Phi) is 3.57. The molecule has 0 aliphatic carbocycles. The van der Waals surface area contributed by atoms with Crippen molar-refractivity contribution in [3.05, 3.63) is 23.8 Å². The van der Waals surface area contributed by atoms with Crippen LogP contribution in [-0.2, 0) is 4.79 Å². The maximum absolute atomic E-state index is 12.2. The molecule has 2 rings (SSSR count). The number of carbonyl (C=O) groups is 2. The van der Waals surface area contributed by atoms with E-state index in [1.54, 1.807) is 32.2 Å². The number of fused-ring (bicyclic) bond motifs is 1. The minimum absolute atomic E-state index is 0.0211. The van der Waals surface area contributed by atoms with Crippen LogP contribution in [0, 0.1) is 18.3 Å². The second-order valence-electron chi connectivity index (χ2n) is 4.60. The van der Waals surface area contributed by atoms with Gasteiger partial charge in [0, 0.05) is 24.9 Å². The monoisotopic (exact) mass is 257 g/mol. The van der Waals surface area contributed by atoms with Gasteiger partial charge in [-0.25, -0.2) is 0 Å². The van der Waals surface area contributed by atoms with Gasteiger partial charge < -0.3 is 9.64 Å². The van der Waals surface area contributed by atoms with Crippen molar-refractivity contribution in [2.45, 2.75) is 13.3 Å². The van der Waals surface area contributed by atoms with Crippen molar-refractivity contribution in [3.63, 3.8) is 0 Å². The number of likely N-dealkylation sites (N-methyl/N-ethyl adjacent to an activating group) is 1. The molecular formula is C15H15NO3. The predicted octanol–water partition coefficient (Wildman–Crippen LogP) is 1.88. The number of benzene rings is 1. The van der Waals surface area contributed by atoms with E-state index in [9.17, 15) is 9.59 Å². The highest BCUT2D eigenvalue weighted by atomic mass is 16.5. The van der Waals surface area contributed by atoms with Crippen LogP contribution in [-0.4, -0.2) is 25.3 Å². The lowest BCUT2D eigenvalue weighted by Gasteiger charge is -2.26. The fourth-order valence-electron chi connectivity index (χ4n) is 1.98. The van der Waals surface area contributed by atoms with E-state index in [0.29, 0.717) is 23.4 Å². The van der Waals surface area contributed by atoms with E-state index in [4.69, 9.17) is 11.2 Å². The van der Waals surface area contributed by atoms with Crippen molar-refractivity contribution in [1.29, 1.82) is 0 Å². The second-order valence-corrected chi connectivity index (χ2v) is 4.60. The molecule has 1 atom stereocenters. The summed E-state index contributed by atoms with van der Waals surface area (Å²) in [4.78, 5) is 25.2. The summed E-state index contributed by atoms with van der Waals surface area (Å²) in [6.45, 7) is 1.83. The SMILES string of the molecule is C#CCC(C)C(=O)c1ccc2c(c1)N(C)C(=O)CO2. The second kappa shape index (κ2) is 5.15. The molecule has 98 valence electrons. The summed E-state index contributed by atoms with van der Waals surface area (Å²) in [5.74, 6) is 2.72. The van der Waals surface area contributed by atoms with E-state index >= 15 is 0 Å². The number of carbonyl (C=O) groups excluding carboxylic acids is 2. The summed E-state index contributed by atoms with van der Waals surface area (Å²) in [5.41, 5.74) is 1.17. The third-order valence-corrected chi connectivity index (χ3v) is 3.20. The van der Waals surface area contributed by atoms with Crippen LogP contribution in [0.25, 0.3) is 0 Å². The highest BCUT2D eigenvalue weighted by molar-refractivity contribution is 6.02. The normalized spacial score (nSPS) is 15.2. The minimum atomic E-state index is -0.228. The molecular weight excluding hydrogens is 242 g/mol. The summed E-state index contributed by atoms with van der Waals surface area (Å²) >= 11 is 0. The third-order valence-electron chi connectivity index (χ3n) is 3.20. The van der Waals surface area contributed by atoms with Crippen LogP contribution >= 0.6 is 0 Å². The fraction of sp³-hybridized carbons (Fsp3) is 0.333. The molecule has 1 amide bonds. The minimum Gasteiger partial charge on any atom is -0.482 e. The van der Waals surface area contributed by atoms with Gasteiger partial charge in [-0.15, -0.1) is 12.3 Å². The molecule has 19 heavy (non-hydrogen) atoms. The van der Waals surface area contributed by atoms with Gasteiger partial charge in [0.1, 0.15) is 5.75 Å². The Labute approximate surface area is 112 Å². The first-order valence-electron chi connectivity index (χ1n) is 6.05. The van der Waals surface area contributed by atoms with E-state index in [2.05, 4.69) is 5.92 Å². The van der Waals surface area contributed by atoms with Gasteiger partial charge in [0.15, 0.2) is 12.4 Å². The Morgan fingerprint density at radius 1 is 1.58 bits per heavy atom. The largest absolute Gasteiger partial charge is 0.482 e. The first kappa shape index (κ1) is 13.2. The lowest BCUT2D eigenvalue weighted by molar-refractivity contribution is -0.120. The van der Waals surface area contributed by atoms with Crippen LogP contribution in [0.2, 0.25) is 0 Å². The van der Waals surface area contributed by atoms with Crippen molar-refractivity contribution >= 4 is 17.4 Å². The van der Waals surface area contributed by atoms with E-state index in [0.717, 1.165) is 0 Å². The number of ether oxygens (including phenoxy) is 1. The highest BCUT2D eigenvalue weighted by Gasteiger charge is 2.24. The number of ketones is 1. The number of hydrogen-bond donors (Lipinski definition) is 0. The van der Waals surface area contributed by atoms with Crippen molar-refractivity contribution in [2.24, 2.45) is 5.92 Å². The number of anilines is 1. The highest BCUT2D eigenvalue weighted by Crippen LogP contribution is 2.32. The Morgan fingerprint density at radius 2 is 2.32 bits per heavy atom. The van der Waals surface area contributed by atoms with Gasteiger partial charge >= 0.3 is 0 Å². The van der Waals surface area contributed by atoms with E-state index < -0.39 is 0 Å². The van der Waals surface area contributed by atoms with Crippen molar-refractivity contribution in [3.8, 4) is 18.1 Å². The maximum atomic E-state index is 12.2. The average molecular weight is 257 g/mol. The molecule has 1 aromatic rings. The molecule has 1 unspecified atom stereocenters. The maximum Gasteiger partial charge on any atom is 0.264 e. The lowest BCUT2D eigenvalue weighted by Crippen LogP contribution is -2.35. The summed E-state index contributed by atoms with van der Waals surface area (Å²) < 4.78 is 5.31. The topological polar surface area (TPSA) is 46.6 Å². The summed E-state index contributed by atoms with van der Waals surface area (Å²) in [7, 11) is 1.67. The number of nitrogens with zero attached hydrogens (tertiary/aromatic N) is 1. The summed E-state index contributed by atoms with van der Waals surface area (Å²) in [6, 6.07) is 5.10. The molecule has 4 nitrogen and oxygen atoms in total. The van der Waals surface area contributed by atoms with Gasteiger partial charge in [-0.1, -0.05) is 6.92 Å². The van der Waals surface area contributed by atoms with Crippen LogP contribution in [0.15, 0.2) is 18.2 Å². The van der Waals surface area contributed by atoms with Crippen LogP contribution in [0.4, 0.5) is 5.69 Å². The third kappa shape index (κ3) is 2.45. The molecule has 0 saturated carbocycles. The zero-order valence-electron chi connectivity index (χ0n) is 11.0. The number of rotatable bonds is 3.